The lowest BCUT2D eigenvalue weighted by atomic mass is 10.0. The van der Waals surface area contributed by atoms with Gasteiger partial charge in [0.15, 0.2) is 0 Å². The van der Waals surface area contributed by atoms with Gasteiger partial charge in [-0.25, -0.2) is 4.98 Å². The summed E-state index contributed by atoms with van der Waals surface area (Å²) in [6, 6.07) is 43.6. The summed E-state index contributed by atoms with van der Waals surface area (Å²) in [5, 5.41) is 11.9. The third-order valence-electron chi connectivity index (χ3n) is 8.29. The van der Waals surface area contributed by atoms with Gasteiger partial charge in [-0.1, -0.05) is 84.9 Å². The first-order valence-electron chi connectivity index (χ1n) is 13.8. The first-order chi connectivity index (χ1) is 20.3. The zero-order chi connectivity index (χ0) is 26.9. The molecule has 9 rings (SSSR count). The molecule has 0 saturated carbocycles. The maximum Gasteiger partial charge on any atom is 0.146 e. The fraction of sp³-hybridized carbons (Fsp3) is 0. The van der Waals surface area contributed by atoms with E-state index in [4.69, 9.17) is 4.98 Å². The van der Waals surface area contributed by atoms with Gasteiger partial charge in [-0.05, 0) is 52.9 Å². The maximum absolute atomic E-state index is 4.95. The molecule has 3 nitrogen and oxygen atoms in total. The van der Waals surface area contributed by atoms with Crippen LogP contribution in [0.25, 0.3) is 77.0 Å². The van der Waals surface area contributed by atoms with Gasteiger partial charge >= 0.3 is 0 Å². The van der Waals surface area contributed by atoms with Crippen molar-refractivity contribution in [1.29, 1.82) is 0 Å². The molecule has 0 aliphatic carbocycles. The molecule has 192 valence electrons. The van der Waals surface area contributed by atoms with E-state index in [-0.39, 0.29) is 0 Å². The van der Waals surface area contributed by atoms with Crippen LogP contribution in [0.1, 0.15) is 0 Å². The number of pyridine rings is 1. The summed E-state index contributed by atoms with van der Waals surface area (Å²) in [7, 11) is 0. The molecule has 41 heavy (non-hydrogen) atoms. The molecule has 0 saturated heterocycles. The molecule has 0 radical (unpaired) electrons. The number of hydrogen-bond donors (Lipinski definition) is 0. The third kappa shape index (κ3) is 3.28. The molecule has 5 aromatic carbocycles. The van der Waals surface area contributed by atoms with Crippen LogP contribution < -0.4 is 0 Å². The average Bonchev–Trinajstić information content (AvgIpc) is 3.72. The minimum absolute atomic E-state index is 1.00. The highest BCUT2D eigenvalue weighted by molar-refractivity contribution is 7.09. The van der Waals surface area contributed by atoms with Gasteiger partial charge in [0.2, 0.25) is 0 Å². The van der Waals surface area contributed by atoms with E-state index in [1.807, 2.05) is 6.20 Å². The van der Waals surface area contributed by atoms with Gasteiger partial charge < -0.3 is 4.57 Å². The molecule has 0 bridgehead atoms. The van der Waals surface area contributed by atoms with Crippen LogP contribution in [0.2, 0.25) is 0 Å². The summed E-state index contributed by atoms with van der Waals surface area (Å²) in [5.41, 5.74) is 9.30. The average molecular weight is 542 g/mol. The number of aromatic nitrogens is 3. The van der Waals surface area contributed by atoms with Crippen molar-refractivity contribution in [2.45, 2.75) is 0 Å². The van der Waals surface area contributed by atoms with Crippen molar-refractivity contribution in [3.05, 3.63) is 138 Å². The molecule has 0 fully saturated rings. The molecule has 0 N–H and O–H groups in total. The zero-order valence-electron chi connectivity index (χ0n) is 22.0. The Balaban J connectivity index is 1.18. The molecule has 0 aliphatic rings. The Morgan fingerprint density at radius 2 is 1.20 bits per heavy atom. The number of benzene rings is 5. The Labute approximate surface area is 240 Å². The summed E-state index contributed by atoms with van der Waals surface area (Å²) in [4.78, 5) is 4.95. The first kappa shape index (κ1) is 22.6. The van der Waals surface area contributed by atoms with E-state index in [0.29, 0.717) is 0 Å². The van der Waals surface area contributed by atoms with Gasteiger partial charge in [0, 0.05) is 55.3 Å². The molecule has 0 spiro atoms. The smallest absolute Gasteiger partial charge is 0.146 e. The van der Waals surface area contributed by atoms with Crippen LogP contribution in [0.3, 0.4) is 0 Å². The largest absolute Gasteiger partial charge is 0.309 e. The second kappa shape index (κ2) is 8.65. The number of fused-ring (bicyclic) bond motifs is 8. The predicted octanol–water partition coefficient (Wildman–Crippen LogP) is 10.2. The topological polar surface area (TPSA) is 22.8 Å². The minimum Gasteiger partial charge on any atom is -0.309 e. The quantitative estimate of drug-likeness (QED) is 0.218. The molecule has 4 aromatic heterocycles. The van der Waals surface area contributed by atoms with Gasteiger partial charge in [-0.3, -0.25) is 4.57 Å². The number of nitrogens with zero attached hydrogens (tertiary/aromatic N) is 3. The van der Waals surface area contributed by atoms with Gasteiger partial charge in [0.05, 0.1) is 16.6 Å². The molecule has 9 aromatic rings. The molecule has 0 aliphatic heterocycles. The van der Waals surface area contributed by atoms with Crippen molar-refractivity contribution in [2.24, 2.45) is 0 Å². The molecule has 4 heterocycles. The Morgan fingerprint density at radius 1 is 0.488 bits per heavy atom. The van der Waals surface area contributed by atoms with E-state index in [9.17, 15) is 0 Å². The number of rotatable bonds is 3. The fourth-order valence-corrected chi connectivity index (χ4v) is 7.25. The summed E-state index contributed by atoms with van der Waals surface area (Å²) in [6.07, 6.45) is 1.99. The van der Waals surface area contributed by atoms with Crippen molar-refractivity contribution in [1.82, 2.24) is 14.1 Å². The highest BCUT2D eigenvalue weighted by Gasteiger charge is 2.17. The number of hydrogen-bond acceptors (Lipinski definition) is 2. The molecular formula is C37H23N3S. The Morgan fingerprint density at radius 3 is 1.98 bits per heavy atom. The van der Waals surface area contributed by atoms with Crippen molar-refractivity contribution in [3.63, 3.8) is 0 Å². The molecule has 4 heteroatoms. The molecule has 0 amide bonds. The van der Waals surface area contributed by atoms with Crippen molar-refractivity contribution in [3.8, 4) is 22.5 Å². The molecule has 0 unspecified atom stereocenters. The lowest BCUT2D eigenvalue weighted by Crippen LogP contribution is -1.96. The highest BCUT2D eigenvalue weighted by atomic mass is 32.1. The molecular weight excluding hydrogens is 518 g/mol. The van der Waals surface area contributed by atoms with Crippen molar-refractivity contribution >= 4 is 65.9 Å². The predicted molar refractivity (Wildman–Crippen MR) is 174 cm³/mol. The normalized spacial score (nSPS) is 11.9. The lowest BCUT2D eigenvalue weighted by Gasteiger charge is -2.11. The summed E-state index contributed by atoms with van der Waals surface area (Å²) in [6.45, 7) is 0. The van der Waals surface area contributed by atoms with Crippen LogP contribution in [0, 0.1) is 0 Å². The molecule has 0 atom stereocenters. The van der Waals surface area contributed by atoms with Crippen LogP contribution >= 0.6 is 11.3 Å². The summed E-state index contributed by atoms with van der Waals surface area (Å²) < 4.78 is 4.67. The van der Waals surface area contributed by atoms with Crippen LogP contribution in [0.5, 0.6) is 0 Å². The highest BCUT2D eigenvalue weighted by Crippen LogP contribution is 2.38. The van der Waals surface area contributed by atoms with Gasteiger partial charge in [0.25, 0.3) is 0 Å². The Bertz CT molecular complexity index is 2370. The van der Waals surface area contributed by atoms with Gasteiger partial charge in [-0.15, -0.1) is 11.3 Å². The third-order valence-corrected chi connectivity index (χ3v) is 9.02. The summed E-state index contributed by atoms with van der Waals surface area (Å²) in [5.74, 6) is 0. The van der Waals surface area contributed by atoms with Gasteiger partial charge in [0.1, 0.15) is 5.65 Å². The summed E-state index contributed by atoms with van der Waals surface area (Å²) >= 11 is 1.74. The second-order valence-electron chi connectivity index (χ2n) is 10.5. The Hall–Kier alpha value is -5.19. The maximum atomic E-state index is 4.95. The van der Waals surface area contributed by atoms with E-state index < -0.39 is 0 Å². The fourth-order valence-electron chi connectivity index (χ4n) is 6.44. The van der Waals surface area contributed by atoms with E-state index in [2.05, 4.69) is 141 Å². The van der Waals surface area contributed by atoms with E-state index in [1.165, 1.54) is 60.0 Å². The van der Waals surface area contributed by atoms with Crippen molar-refractivity contribution < 1.29 is 0 Å². The van der Waals surface area contributed by atoms with Crippen LogP contribution in [0.15, 0.2) is 138 Å². The van der Waals surface area contributed by atoms with Crippen LogP contribution in [0.4, 0.5) is 0 Å². The lowest BCUT2D eigenvalue weighted by molar-refractivity contribution is 1.14. The number of thiophene rings is 1. The van der Waals surface area contributed by atoms with E-state index in [0.717, 1.165) is 17.0 Å². The van der Waals surface area contributed by atoms with Crippen LogP contribution in [-0.2, 0) is 0 Å². The van der Waals surface area contributed by atoms with Gasteiger partial charge in [-0.2, -0.15) is 0 Å². The minimum atomic E-state index is 1.00. The number of para-hydroxylation sites is 2. The second-order valence-corrected chi connectivity index (χ2v) is 11.3. The van der Waals surface area contributed by atoms with Crippen molar-refractivity contribution in [2.75, 3.05) is 0 Å². The standard InChI is InChI=1S/C37H23N3S/c1-2-11-29-26(8-1)21-38-37-36(29)32-22-41-23-35(32)40(37)28-10-7-9-25(20-28)24-16-18-27(19-17-24)39-33-14-5-3-12-30(33)31-13-4-6-15-34(31)39/h1-23H. The monoisotopic (exact) mass is 541 g/mol. The SMILES string of the molecule is c1cc(-c2ccc(-n3c4ccccc4c4ccccc43)cc2)cc(-n2c3cscc3c3c4ccccc4cnc32)c1. The first-order valence-corrected chi connectivity index (χ1v) is 14.7. The van der Waals surface area contributed by atoms with Crippen LogP contribution in [-0.4, -0.2) is 14.1 Å². The zero-order valence-corrected chi connectivity index (χ0v) is 22.8. The van der Waals surface area contributed by atoms with E-state index >= 15 is 0 Å². The Kier molecular flexibility index (Phi) is 4.77. The van der Waals surface area contributed by atoms with E-state index in [1.54, 1.807) is 11.3 Å².